The first kappa shape index (κ1) is 20.7. The highest BCUT2D eigenvalue weighted by Gasteiger charge is 2.10. The van der Waals surface area contributed by atoms with Gasteiger partial charge in [-0.3, -0.25) is 10.2 Å². The summed E-state index contributed by atoms with van der Waals surface area (Å²) < 4.78 is 29.5. The topological polar surface area (TPSA) is 84.5 Å². The highest BCUT2D eigenvalue weighted by molar-refractivity contribution is 7.92. The van der Waals surface area contributed by atoms with E-state index in [1.807, 2.05) is 10.9 Å². The molecule has 27 heavy (non-hydrogen) atoms. The molecule has 0 aliphatic rings. The van der Waals surface area contributed by atoms with E-state index in [9.17, 15) is 13.2 Å². The SMILES string of the molecule is CC(C)CCOc1ccc(C(=O)NNS(=O)(=O)/C=C/c2ccccc2)cc1. The molecule has 6 nitrogen and oxygen atoms in total. The molecule has 0 aliphatic carbocycles. The highest BCUT2D eigenvalue weighted by Crippen LogP contribution is 2.13. The van der Waals surface area contributed by atoms with Crippen molar-refractivity contribution in [3.05, 3.63) is 71.1 Å². The fraction of sp³-hybridized carbons (Fsp3) is 0.250. The molecule has 0 aromatic heterocycles. The van der Waals surface area contributed by atoms with E-state index in [1.165, 1.54) is 6.08 Å². The van der Waals surface area contributed by atoms with E-state index in [1.54, 1.807) is 48.5 Å². The summed E-state index contributed by atoms with van der Waals surface area (Å²) in [6.07, 6.45) is 2.39. The number of hydrogen-bond donors (Lipinski definition) is 2. The summed E-state index contributed by atoms with van der Waals surface area (Å²) in [7, 11) is -3.80. The van der Waals surface area contributed by atoms with Crippen molar-refractivity contribution in [1.82, 2.24) is 10.3 Å². The Hall–Kier alpha value is -2.64. The number of benzene rings is 2. The molecular formula is C20H24N2O4S. The number of hydrazine groups is 1. The van der Waals surface area contributed by atoms with Gasteiger partial charge in [0, 0.05) is 11.0 Å². The van der Waals surface area contributed by atoms with Crippen LogP contribution in [0, 0.1) is 5.92 Å². The number of sulfonamides is 1. The number of rotatable bonds is 9. The maximum Gasteiger partial charge on any atom is 0.266 e. The average molecular weight is 388 g/mol. The van der Waals surface area contributed by atoms with Crippen LogP contribution in [0.3, 0.4) is 0 Å². The van der Waals surface area contributed by atoms with Gasteiger partial charge in [-0.15, -0.1) is 4.83 Å². The van der Waals surface area contributed by atoms with Gasteiger partial charge in [0.15, 0.2) is 0 Å². The molecule has 0 saturated heterocycles. The number of amides is 1. The van der Waals surface area contributed by atoms with Gasteiger partial charge in [-0.05, 0) is 48.2 Å². The van der Waals surface area contributed by atoms with Crippen molar-refractivity contribution in [3.63, 3.8) is 0 Å². The predicted molar refractivity (Wildman–Crippen MR) is 106 cm³/mol. The third-order valence-electron chi connectivity index (χ3n) is 3.63. The minimum absolute atomic E-state index is 0.320. The minimum atomic E-state index is -3.80. The zero-order valence-corrected chi connectivity index (χ0v) is 16.2. The number of carbonyl (C=O) groups is 1. The van der Waals surface area contributed by atoms with Gasteiger partial charge >= 0.3 is 0 Å². The molecule has 0 bridgehead atoms. The fourth-order valence-corrected chi connectivity index (χ4v) is 2.71. The standard InChI is InChI=1S/C20H24N2O4S/c1-16(2)12-14-26-19-10-8-18(9-11-19)20(23)21-22-27(24,25)15-13-17-6-4-3-5-7-17/h3-11,13,15-16,22H,12,14H2,1-2H3,(H,21,23)/b15-13+. The van der Waals surface area contributed by atoms with Crippen LogP contribution >= 0.6 is 0 Å². The van der Waals surface area contributed by atoms with Crippen molar-refractivity contribution in [2.24, 2.45) is 5.92 Å². The Bertz CT molecular complexity index is 861. The van der Waals surface area contributed by atoms with E-state index in [4.69, 9.17) is 4.74 Å². The van der Waals surface area contributed by atoms with Gasteiger partial charge in [-0.25, -0.2) is 8.42 Å². The lowest BCUT2D eigenvalue weighted by Crippen LogP contribution is -2.40. The van der Waals surface area contributed by atoms with Crippen LogP contribution in [0.1, 0.15) is 36.2 Å². The summed E-state index contributed by atoms with van der Waals surface area (Å²) in [5.41, 5.74) is 3.24. The van der Waals surface area contributed by atoms with Crippen LogP contribution in [0.4, 0.5) is 0 Å². The molecule has 2 aromatic carbocycles. The first-order valence-electron chi connectivity index (χ1n) is 8.64. The maximum absolute atomic E-state index is 12.1. The van der Waals surface area contributed by atoms with Crippen LogP contribution in [-0.2, 0) is 10.0 Å². The summed E-state index contributed by atoms with van der Waals surface area (Å²) in [6.45, 7) is 4.84. The van der Waals surface area contributed by atoms with Crippen molar-refractivity contribution in [3.8, 4) is 5.75 Å². The predicted octanol–water partition coefficient (Wildman–Crippen LogP) is 3.35. The van der Waals surface area contributed by atoms with Crippen LogP contribution in [0.25, 0.3) is 6.08 Å². The van der Waals surface area contributed by atoms with E-state index in [2.05, 4.69) is 19.3 Å². The summed E-state index contributed by atoms with van der Waals surface area (Å²) >= 11 is 0. The molecule has 2 N–H and O–H groups in total. The summed E-state index contributed by atoms with van der Waals surface area (Å²) in [5, 5.41) is 0.994. The lowest BCUT2D eigenvalue weighted by atomic mass is 10.1. The maximum atomic E-state index is 12.1. The Balaban J connectivity index is 1.86. The Labute approximate surface area is 160 Å². The Morgan fingerprint density at radius 3 is 2.37 bits per heavy atom. The van der Waals surface area contributed by atoms with Gasteiger partial charge < -0.3 is 4.74 Å². The zero-order valence-electron chi connectivity index (χ0n) is 15.4. The molecule has 0 spiro atoms. The Morgan fingerprint density at radius 2 is 1.74 bits per heavy atom. The van der Waals surface area contributed by atoms with Crippen molar-refractivity contribution in [2.45, 2.75) is 20.3 Å². The third-order valence-corrected chi connectivity index (χ3v) is 4.51. The van der Waals surface area contributed by atoms with Crippen molar-refractivity contribution < 1.29 is 17.9 Å². The molecule has 0 radical (unpaired) electrons. The third kappa shape index (κ3) is 7.64. The molecule has 0 aliphatic heterocycles. The van der Waals surface area contributed by atoms with E-state index < -0.39 is 15.9 Å². The molecule has 2 aromatic rings. The van der Waals surface area contributed by atoms with Gasteiger partial charge in [0.05, 0.1) is 6.61 Å². The number of carbonyl (C=O) groups excluding carboxylic acids is 1. The van der Waals surface area contributed by atoms with Crippen LogP contribution < -0.4 is 15.0 Å². The fourth-order valence-electron chi connectivity index (χ4n) is 2.07. The van der Waals surface area contributed by atoms with Crippen LogP contribution in [0.15, 0.2) is 60.0 Å². The molecular weight excluding hydrogens is 364 g/mol. The smallest absolute Gasteiger partial charge is 0.266 e. The van der Waals surface area contributed by atoms with Gasteiger partial charge in [-0.1, -0.05) is 44.2 Å². The molecule has 0 fully saturated rings. The molecule has 0 saturated carbocycles. The first-order chi connectivity index (χ1) is 12.9. The number of hydrogen-bond acceptors (Lipinski definition) is 4. The van der Waals surface area contributed by atoms with Crippen LogP contribution in [0.2, 0.25) is 0 Å². The molecule has 144 valence electrons. The Kier molecular flexibility index (Phi) is 7.57. The first-order valence-corrected chi connectivity index (χ1v) is 10.2. The number of ether oxygens (including phenoxy) is 1. The van der Waals surface area contributed by atoms with Gasteiger partial charge in [-0.2, -0.15) is 0 Å². The molecule has 0 unspecified atom stereocenters. The zero-order chi connectivity index (χ0) is 19.7. The van der Waals surface area contributed by atoms with E-state index in [0.29, 0.717) is 23.8 Å². The molecule has 0 heterocycles. The second-order valence-corrected chi connectivity index (χ2v) is 7.94. The normalized spacial score (nSPS) is 11.7. The molecule has 7 heteroatoms. The average Bonchev–Trinajstić information content (AvgIpc) is 2.66. The summed E-state index contributed by atoms with van der Waals surface area (Å²) in [6, 6.07) is 15.5. The lowest BCUT2D eigenvalue weighted by molar-refractivity contribution is 0.0945. The van der Waals surface area contributed by atoms with Gasteiger partial charge in [0.2, 0.25) is 0 Å². The Morgan fingerprint density at radius 1 is 1.07 bits per heavy atom. The molecule has 2 rings (SSSR count). The van der Waals surface area contributed by atoms with E-state index >= 15 is 0 Å². The summed E-state index contributed by atoms with van der Waals surface area (Å²) in [5.74, 6) is 0.665. The second kappa shape index (κ2) is 9.89. The number of nitrogens with one attached hydrogen (secondary N) is 2. The lowest BCUT2D eigenvalue weighted by Gasteiger charge is -2.09. The highest BCUT2D eigenvalue weighted by atomic mass is 32.2. The van der Waals surface area contributed by atoms with Crippen molar-refractivity contribution in [2.75, 3.05) is 6.61 Å². The quantitative estimate of drug-likeness (QED) is 0.645. The monoisotopic (exact) mass is 388 g/mol. The largest absolute Gasteiger partial charge is 0.494 e. The van der Waals surface area contributed by atoms with Crippen LogP contribution in [0.5, 0.6) is 5.75 Å². The van der Waals surface area contributed by atoms with Gasteiger partial charge in [0.1, 0.15) is 5.75 Å². The van der Waals surface area contributed by atoms with E-state index in [-0.39, 0.29) is 0 Å². The van der Waals surface area contributed by atoms with Crippen molar-refractivity contribution in [1.29, 1.82) is 0 Å². The molecule has 0 atom stereocenters. The van der Waals surface area contributed by atoms with Crippen molar-refractivity contribution >= 4 is 22.0 Å². The second-order valence-electron chi connectivity index (χ2n) is 6.37. The van der Waals surface area contributed by atoms with Gasteiger partial charge in [0.25, 0.3) is 15.9 Å². The van der Waals surface area contributed by atoms with E-state index in [0.717, 1.165) is 17.4 Å². The molecule has 1 amide bonds. The van der Waals surface area contributed by atoms with Crippen LogP contribution in [-0.4, -0.2) is 20.9 Å². The summed E-state index contributed by atoms with van der Waals surface area (Å²) in [4.78, 5) is 14.1. The minimum Gasteiger partial charge on any atom is -0.494 e.